The lowest BCUT2D eigenvalue weighted by molar-refractivity contribution is 0.286. The molecule has 0 unspecified atom stereocenters. The van der Waals surface area contributed by atoms with E-state index in [0.29, 0.717) is 17.0 Å². The SMILES string of the molecule is O=S(=O)(CC1CC1)c1ncc(CN2CCCC2)n1CC1CCCCC1. The van der Waals surface area contributed by atoms with E-state index in [4.69, 9.17) is 0 Å². The molecule has 0 spiro atoms. The smallest absolute Gasteiger partial charge is 0.227 e. The van der Waals surface area contributed by atoms with Crippen LogP contribution in [0.1, 0.15) is 63.5 Å². The van der Waals surface area contributed by atoms with E-state index >= 15 is 0 Å². The number of sulfone groups is 1. The van der Waals surface area contributed by atoms with Gasteiger partial charge < -0.3 is 4.57 Å². The van der Waals surface area contributed by atoms with Gasteiger partial charge in [-0.25, -0.2) is 13.4 Å². The van der Waals surface area contributed by atoms with Crippen LogP contribution in [0.5, 0.6) is 0 Å². The van der Waals surface area contributed by atoms with E-state index in [1.165, 1.54) is 44.9 Å². The zero-order chi connectivity index (χ0) is 17.3. The number of aromatic nitrogens is 2. The minimum atomic E-state index is -3.26. The quantitative estimate of drug-likeness (QED) is 0.744. The second kappa shape index (κ2) is 7.39. The van der Waals surface area contributed by atoms with Crippen LogP contribution in [-0.4, -0.2) is 41.7 Å². The van der Waals surface area contributed by atoms with Gasteiger partial charge in [-0.2, -0.15) is 0 Å². The molecule has 1 aromatic heterocycles. The van der Waals surface area contributed by atoms with Crippen LogP contribution in [0.25, 0.3) is 0 Å². The average Bonchev–Trinajstić information content (AvgIpc) is 3.08. The van der Waals surface area contributed by atoms with Gasteiger partial charge in [0.1, 0.15) is 0 Å². The zero-order valence-corrected chi connectivity index (χ0v) is 16.0. The molecule has 0 N–H and O–H groups in total. The Balaban J connectivity index is 1.58. The molecular formula is C19H31N3O2S. The van der Waals surface area contributed by atoms with Crippen LogP contribution in [-0.2, 0) is 22.9 Å². The monoisotopic (exact) mass is 365 g/mol. The topological polar surface area (TPSA) is 55.2 Å². The summed E-state index contributed by atoms with van der Waals surface area (Å²) in [6.07, 6.45) is 12.8. The van der Waals surface area contributed by atoms with Crippen molar-refractivity contribution in [3.8, 4) is 0 Å². The summed E-state index contributed by atoms with van der Waals surface area (Å²) in [6, 6.07) is 0. The predicted molar refractivity (Wildman–Crippen MR) is 98.1 cm³/mol. The van der Waals surface area contributed by atoms with Crippen molar-refractivity contribution in [3.63, 3.8) is 0 Å². The Morgan fingerprint density at radius 2 is 1.68 bits per heavy atom. The summed E-state index contributed by atoms with van der Waals surface area (Å²) in [5.74, 6) is 1.26. The third kappa shape index (κ3) is 4.27. The summed E-state index contributed by atoms with van der Waals surface area (Å²) in [6.45, 7) is 3.93. The number of rotatable bonds is 7. The van der Waals surface area contributed by atoms with Crippen LogP contribution in [0.15, 0.2) is 11.4 Å². The van der Waals surface area contributed by atoms with E-state index in [2.05, 4.69) is 14.5 Å². The lowest BCUT2D eigenvalue weighted by Gasteiger charge is -2.25. The van der Waals surface area contributed by atoms with Gasteiger partial charge in [0.05, 0.1) is 17.6 Å². The van der Waals surface area contributed by atoms with Gasteiger partial charge in [-0.3, -0.25) is 4.90 Å². The van der Waals surface area contributed by atoms with E-state index in [9.17, 15) is 8.42 Å². The molecule has 1 saturated heterocycles. The van der Waals surface area contributed by atoms with Crippen molar-refractivity contribution in [2.75, 3.05) is 18.8 Å². The van der Waals surface area contributed by atoms with Crippen molar-refractivity contribution >= 4 is 9.84 Å². The molecule has 0 radical (unpaired) electrons. The van der Waals surface area contributed by atoms with Gasteiger partial charge in [-0.15, -0.1) is 0 Å². The van der Waals surface area contributed by atoms with Crippen molar-refractivity contribution in [2.24, 2.45) is 11.8 Å². The molecule has 2 heterocycles. The molecule has 25 heavy (non-hydrogen) atoms. The Kier molecular flexibility index (Phi) is 5.18. The van der Waals surface area contributed by atoms with Gasteiger partial charge in [-0.1, -0.05) is 19.3 Å². The van der Waals surface area contributed by atoms with E-state index in [1.807, 2.05) is 6.20 Å². The van der Waals surface area contributed by atoms with E-state index in [1.54, 1.807) is 0 Å². The van der Waals surface area contributed by atoms with Crippen molar-refractivity contribution in [3.05, 3.63) is 11.9 Å². The van der Waals surface area contributed by atoms with E-state index < -0.39 is 9.84 Å². The Labute approximate surface area is 151 Å². The summed E-state index contributed by atoms with van der Waals surface area (Å²) in [7, 11) is -3.26. The third-order valence-electron chi connectivity index (χ3n) is 6.08. The molecule has 0 amide bonds. The Hall–Kier alpha value is -0.880. The molecule has 3 aliphatic rings. The minimum absolute atomic E-state index is 0.290. The van der Waals surface area contributed by atoms with Gasteiger partial charge in [0, 0.05) is 13.1 Å². The molecule has 1 aliphatic heterocycles. The van der Waals surface area contributed by atoms with E-state index in [-0.39, 0.29) is 5.75 Å². The summed E-state index contributed by atoms with van der Waals surface area (Å²) < 4.78 is 27.9. The fourth-order valence-corrected chi connectivity index (χ4v) is 6.27. The van der Waals surface area contributed by atoms with Crippen molar-refractivity contribution in [2.45, 2.75) is 76.0 Å². The molecule has 4 rings (SSSR count). The fraction of sp³-hybridized carbons (Fsp3) is 0.842. The number of imidazole rings is 1. The summed E-state index contributed by atoms with van der Waals surface area (Å²) >= 11 is 0. The van der Waals surface area contributed by atoms with Gasteiger partial charge >= 0.3 is 0 Å². The van der Waals surface area contributed by atoms with Crippen LogP contribution in [0.2, 0.25) is 0 Å². The summed E-state index contributed by atoms with van der Waals surface area (Å²) in [4.78, 5) is 6.86. The normalized spacial score (nSPS) is 23.4. The highest BCUT2D eigenvalue weighted by Gasteiger charge is 2.33. The summed E-state index contributed by atoms with van der Waals surface area (Å²) in [5.41, 5.74) is 1.10. The van der Waals surface area contributed by atoms with Crippen LogP contribution >= 0.6 is 0 Å². The van der Waals surface area contributed by atoms with Gasteiger partial charge in [0.25, 0.3) is 0 Å². The molecule has 3 fully saturated rings. The lowest BCUT2D eigenvalue weighted by Crippen LogP contribution is -2.25. The van der Waals surface area contributed by atoms with Gasteiger partial charge in [0.15, 0.2) is 0 Å². The van der Waals surface area contributed by atoms with Crippen LogP contribution in [0, 0.1) is 11.8 Å². The molecule has 1 aromatic rings. The number of likely N-dealkylation sites (tertiary alicyclic amines) is 1. The fourth-order valence-electron chi connectivity index (χ4n) is 4.43. The summed E-state index contributed by atoms with van der Waals surface area (Å²) in [5, 5.41) is 0.346. The van der Waals surface area contributed by atoms with Crippen LogP contribution in [0.3, 0.4) is 0 Å². The molecule has 2 saturated carbocycles. The Morgan fingerprint density at radius 1 is 0.960 bits per heavy atom. The molecule has 0 bridgehead atoms. The number of nitrogens with zero attached hydrogens (tertiary/aromatic N) is 3. The van der Waals surface area contributed by atoms with E-state index in [0.717, 1.165) is 44.7 Å². The maximum atomic E-state index is 12.9. The largest absolute Gasteiger partial charge is 0.317 e. The van der Waals surface area contributed by atoms with Crippen LogP contribution < -0.4 is 0 Å². The number of hydrogen-bond donors (Lipinski definition) is 0. The zero-order valence-electron chi connectivity index (χ0n) is 15.2. The maximum Gasteiger partial charge on any atom is 0.227 e. The first kappa shape index (κ1) is 17.5. The van der Waals surface area contributed by atoms with Crippen molar-refractivity contribution in [1.29, 1.82) is 0 Å². The highest BCUT2D eigenvalue weighted by molar-refractivity contribution is 7.91. The lowest BCUT2D eigenvalue weighted by atomic mass is 9.89. The first-order valence-electron chi connectivity index (χ1n) is 10.1. The standard InChI is InChI=1S/C19H31N3O2S/c23-25(24,15-17-8-9-17)19-20-12-18(14-21-10-4-5-11-21)22(19)13-16-6-2-1-3-7-16/h12,16-17H,1-11,13-15H2. The highest BCUT2D eigenvalue weighted by atomic mass is 32.2. The molecule has 0 aromatic carbocycles. The molecular weight excluding hydrogens is 334 g/mol. The first-order chi connectivity index (χ1) is 12.1. The molecule has 140 valence electrons. The third-order valence-corrected chi connectivity index (χ3v) is 7.87. The first-order valence-corrected chi connectivity index (χ1v) is 11.8. The van der Waals surface area contributed by atoms with Gasteiger partial charge in [0.2, 0.25) is 15.0 Å². The van der Waals surface area contributed by atoms with Gasteiger partial charge in [-0.05, 0) is 63.5 Å². The molecule has 5 nitrogen and oxygen atoms in total. The minimum Gasteiger partial charge on any atom is -0.317 e. The maximum absolute atomic E-state index is 12.9. The van der Waals surface area contributed by atoms with Crippen molar-refractivity contribution < 1.29 is 8.42 Å². The van der Waals surface area contributed by atoms with Crippen molar-refractivity contribution in [1.82, 2.24) is 14.5 Å². The molecule has 6 heteroatoms. The highest BCUT2D eigenvalue weighted by Crippen LogP contribution is 2.33. The Morgan fingerprint density at radius 3 is 2.36 bits per heavy atom. The molecule has 2 aliphatic carbocycles. The molecule has 0 atom stereocenters. The predicted octanol–water partition coefficient (Wildman–Crippen LogP) is 3.24. The number of hydrogen-bond acceptors (Lipinski definition) is 4. The second-order valence-corrected chi connectivity index (χ2v) is 10.3. The second-order valence-electron chi connectivity index (χ2n) is 8.35. The van der Waals surface area contributed by atoms with Crippen LogP contribution in [0.4, 0.5) is 0 Å². The average molecular weight is 366 g/mol. The Bertz CT molecular complexity index is 682.